The molecule has 1 N–H and O–H groups in total. The summed E-state index contributed by atoms with van der Waals surface area (Å²) in [5.74, 6) is -1.81. The van der Waals surface area contributed by atoms with Crippen LogP contribution in [0.5, 0.6) is 0 Å². The number of aliphatic carboxylic acids is 1. The number of carboxylic acids is 1. The van der Waals surface area contributed by atoms with Gasteiger partial charge < -0.3 is 14.7 Å². The fraction of sp³-hybridized carbons (Fsp3) is 0.333. The van der Waals surface area contributed by atoms with Gasteiger partial charge in [-0.15, -0.1) is 0 Å². The Bertz CT molecular complexity index is 522. The fourth-order valence-corrected chi connectivity index (χ4v) is 2.52. The van der Waals surface area contributed by atoms with E-state index >= 15 is 0 Å². The number of hydrogen-bond acceptors (Lipinski definition) is 3. The number of carbonyl (C=O) groups excluding carboxylic acids is 1. The Hall–Kier alpha value is -1.22. The Morgan fingerprint density at radius 2 is 2.21 bits per heavy atom. The molecule has 1 heterocycles. The number of amides is 1. The molecule has 7 heteroatoms. The predicted molar refractivity (Wildman–Crippen MR) is 72.4 cm³/mol. The number of ether oxygens (including phenoxy) is 1. The monoisotopic (exact) mass is 379 g/mol. The number of carboxylic acid groups (broad SMARTS) is 1. The second-order valence-electron chi connectivity index (χ2n) is 4.07. The summed E-state index contributed by atoms with van der Waals surface area (Å²) >= 11 is 1.88. The quantitative estimate of drug-likeness (QED) is 0.789. The minimum Gasteiger partial charge on any atom is -0.479 e. The molecule has 1 saturated heterocycles. The van der Waals surface area contributed by atoms with Crippen molar-refractivity contribution in [3.63, 3.8) is 0 Å². The summed E-state index contributed by atoms with van der Waals surface area (Å²) in [6, 6.07) is 3.89. The van der Waals surface area contributed by atoms with E-state index in [-0.39, 0.29) is 19.1 Å². The fourth-order valence-electron chi connectivity index (χ4n) is 1.82. The van der Waals surface area contributed by atoms with Crippen LogP contribution in [0.4, 0.5) is 4.39 Å². The Labute approximate surface area is 122 Å². The van der Waals surface area contributed by atoms with E-state index in [1.807, 2.05) is 22.6 Å². The highest BCUT2D eigenvalue weighted by Gasteiger charge is 2.30. The Balaban J connectivity index is 2.17. The molecule has 1 unspecified atom stereocenters. The van der Waals surface area contributed by atoms with Gasteiger partial charge in [0.05, 0.1) is 18.7 Å². The van der Waals surface area contributed by atoms with Crippen LogP contribution in [-0.4, -0.2) is 47.7 Å². The van der Waals surface area contributed by atoms with Gasteiger partial charge in [-0.2, -0.15) is 0 Å². The number of nitrogens with zero attached hydrogens (tertiary/aromatic N) is 1. The molecule has 1 aromatic rings. The Morgan fingerprint density at radius 3 is 2.84 bits per heavy atom. The lowest BCUT2D eigenvalue weighted by atomic mass is 10.1. The molecule has 1 atom stereocenters. The standard InChI is InChI=1S/C12H11FINO4/c13-7-1-2-8(9(14)5-7)11(16)15-3-4-19-10(6-15)12(17)18/h1-2,5,10H,3-4,6H2,(H,17,18). The highest BCUT2D eigenvalue weighted by Crippen LogP contribution is 2.17. The SMILES string of the molecule is O=C(O)C1CN(C(=O)c2ccc(F)cc2I)CCO1. The first kappa shape index (κ1) is 14.2. The minimum absolute atomic E-state index is 0.00161. The highest BCUT2D eigenvalue weighted by atomic mass is 127. The normalized spacial score (nSPS) is 19.3. The number of morpholine rings is 1. The van der Waals surface area contributed by atoms with Crippen molar-refractivity contribution in [3.05, 3.63) is 33.1 Å². The number of benzene rings is 1. The molecule has 0 radical (unpaired) electrons. The van der Waals surface area contributed by atoms with E-state index in [4.69, 9.17) is 9.84 Å². The summed E-state index contributed by atoms with van der Waals surface area (Å²) in [6.45, 7) is 0.512. The lowest BCUT2D eigenvalue weighted by molar-refractivity contribution is -0.154. The number of halogens is 2. The lowest BCUT2D eigenvalue weighted by Crippen LogP contribution is -2.48. The van der Waals surface area contributed by atoms with Gasteiger partial charge in [0.1, 0.15) is 5.82 Å². The summed E-state index contributed by atoms with van der Waals surface area (Å²) in [6.07, 6.45) is -1.00. The first-order chi connectivity index (χ1) is 8.99. The summed E-state index contributed by atoms with van der Waals surface area (Å²) < 4.78 is 18.5. The van der Waals surface area contributed by atoms with Gasteiger partial charge in [-0.05, 0) is 40.8 Å². The van der Waals surface area contributed by atoms with E-state index in [1.165, 1.54) is 23.1 Å². The molecule has 1 aromatic carbocycles. The average Bonchev–Trinajstić information content (AvgIpc) is 2.38. The van der Waals surface area contributed by atoms with Crippen molar-refractivity contribution in [1.82, 2.24) is 4.90 Å². The summed E-state index contributed by atoms with van der Waals surface area (Å²) in [7, 11) is 0. The van der Waals surface area contributed by atoms with Gasteiger partial charge in [0.15, 0.2) is 6.10 Å². The number of rotatable bonds is 2. The third-order valence-corrected chi connectivity index (χ3v) is 3.68. The second-order valence-corrected chi connectivity index (χ2v) is 5.24. The van der Waals surface area contributed by atoms with Crippen molar-refractivity contribution in [2.75, 3.05) is 19.7 Å². The van der Waals surface area contributed by atoms with Crippen LogP contribution < -0.4 is 0 Å². The molecule has 102 valence electrons. The van der Waals surface area contributed by atoms with Crippen LogP contribution >= 0.6 is 22.6 Å². The lowest BCUT2D eigenvalue weighted by Gasteiger charge is -2.31. The molecule has 1 amide bonds. The summed E-state index contributed by atoms with van der Waals surface area (Å²) in [4.78, 5) is 24.5. The van der Waals surface area contributed by atoms with Crippen molar-refractivity contribution < 1.29 is 23.8 Å². The maximum absolute atomic E-state index is 13.0. The molecule has 0 bridgehead atoms. The van der Waals surface area contributed by atoms with Gasteiger partial charge in [-0.1, -0.05) is 0 Å². The molecule has 1 aliphatic rings. The maximum atomic E-state index is 13.0. The zero-order chi connectivity index (χ0) is 14.0. The third-order valence-electron chi connectivity index (χ3n) is 2.79. The van der Waals surface area contributed by atoms with Crippen LogP contribution in [0.2, 0.25) is 0 Å². The summed E-state index contributed by atoms with van der Waals surface area (Å²) in [5.41, 5.74) is 0.369. The topological polar surface area (TPSA) is 66.8 Å². The first-order valence-electron chi connectivity index (χ1n) is 5.58. The zero-order valence-corrected chi connectivity index (χ0v) is 12.0. The molecular formula is C12H11FINO4. The van der Waals surface area contributed by atoms with Crippen LogP contribution in [0.1, 0.15) is 10.4 Å². The van der Waals surface area contributed by atoms with Crippen LogP contribution in [0, 0.1) is 9.39 Å². The molecule has 19 heavy (non-hydrogen) atoms. The van der Waals surface area contributed by atoms with Gasteiger partial charge in [-0.25, -0.2) is 9.18 Å². The van der Waals surface area contributed by atoms with E-state index in [1.54, 1.807) is 0 Å². The van der Waals surface area contributed by atoms with E-state index in [0.29, 0.717) is 15.7 Å². The highest BCUT2D eigenvalue weighted by molar-refractivity contribution is 14.1. The third kappa shape index (κ3) is 3.21. The molecule has 2 rings (SSSR count). The minimum atomic E-state index is -1.09. The van der Waals surface area contributed by atoms with Gasteiger partial charge in [0.25, 0.3) is 5.91 Å². The van der Waals surface area contributed by atoms with E-state index in [2.05, 4.69) is 0 Å². The summed E-state index contributed by atoms with van der Waals surface area (Å²) in [5, 5.41) is 8.89. The van der Waals surface area contributed by atoms with Gasteiger partial charge in [0, 0.05) is 10.1 Å². The number of hydrogen-bond donors (Lipinski definition) is 1. The molecule has 1 aliphatic heterocycles. The van der Waals surface area contributed by atoms with Crippen LogP contribution in [0.15, 0.2) is 18.2 Å². The smallest absolute Gasteiger partial charge is 0.334 e. The van der Waals surface area contributed by atoms with Crippen LogP contribution in [-0.2, 0) is 9.53 Å². The zero-order valence-electron chi connectivity index (χ0n) is 9.81. The first-order valence-corrected chi connectivity index (χ1v) is 6.65. The predicted octanol–water partition coefficient (Wildman–Crippen LogP) is 1.36. The van der Waals surface area contributed by atoms with Gasteiger partial charge in [-0.3, -0.25) is 4.79 Å². The van der Waals surface area contributed by atoms with Gasteiger partial charge in [0.2, 0.25) is 0 Å². The average molecular weight is 379 g/mol. The number of carbonyl (C=O) groups is 2. The van der Waals surface area contributed by atoms with Gasteiger partial charge >= 0.3 is 5.97 Å². The molecule has 5 nitrogen and oxygen atoms in total. The molecule has 1 fully saturated rings. The van der Waals surface area contributed by atoms with Crippen molar-refractivity contribution >= 4 is 34.5 Å². The van der Waals surface area contributed by atoms with Crippen molar-refractivity contribution in [3.8, 4) is 0 Å². The van der Waals surface area contributed by atoms with E-state index in [9.17, 15) is 14.0 Å². The van der Waals surface area contributed by atoms with Crippen molar-refractivity contribution in [2.24, 2.45) is 0 Å². The van der Waals surface area contributed by atoms with Crippen LogP contribution in [0.25, 0.3) is 0 Å². The molecule has 0 saturated carbocycles. The Morgan fingerprint density at radius 1 is 1.47 bits per heavy atom. The second kappa shape index (κ2) is 5.83. The Kier molecular flexibility index (Phi) is 4.35. The molecular weight excluding hydrogens is 368 g/mol. The van der Waals surface area contributed by atoms with Crippen molar-refractivity contribution in [2.45, 2.75) is 6.10 Å². The van der Waals surface area contributed by atoms with E-state index in [0.717, 1.165) is 0 Å². The molecule has 0 aliphatic carbocycles. The van der Waals surface area contributed by atoms with Crippen molar-refractivity contribution in [1.29, 1.82) is 0 Å². The van der Waals surface area contributed by atoms with E-state index < -0.39 is 17.9 Å². The molecule has 0 spiro atoms. The van der Waals surface area contributed by atoms with Crippen LogP contribution in [0.3, 0.4) is 0 Å². The molecule has 0 aromatic heterocycles. The largest absolute Gasteiger partial charge is 0.479 e. The maximum Gasteiger partial charge on any atom is 0.334 e.